The number of ether oxygens (including phenoxy) is 3. The highest BCUT2D eigenvalue weighted by atomic mass is 16.6. The van der Waals surface area contributed by atoms with Crippen LogP contribution in [0.15, 0.2) is 60.8 Å². The van der Waals surface area contributed by atoms with E-state index >= 15 is 0 Å². The Balaban J connectivity index is 4.35. The van der Waals surface area contributed by atoms with Crippen LogP contribution in [-0.4, -0.2) is 37.2 Å². The van der Waals surface area contributed by atoms with Crippen LogP contribution >= 0.6 is 0 Å². The Morgan fingerprint density at radius 3 is 0.683 bits per heavy atom. The van der Waals surface area contributed by atoms with Gasteiger partial charge in [0, 0.05) is 19.3 Å². The van der Waals surface area contributed by atoms with E-state index in [9.17, 15) is 14.4 Å². The quantitative estimate of drug-likeness (QED) is 0.0261. The molecule has 478 valence electrons. The zero-order valence-corrected chi connectivity index (χ0v) is 55.0. The molecule has 0 aromatic heterocycles. The molecule has 0 saturated carbocycles. The van der Waals surface area contributed by atoms with Crippen LogP contribution in [0.1, 0.15) is 387 Å². The minimum atomic E-state index is -0.779. The van der Waals surface area contributed by atoms with E-state index in [1.165, 1.54) is 263 Å². The van der Waals surface area contributed by atoms with E-state index < -0.39 is 6.10 Å². The predicted molar refractivity (Wildman–Crippen MR) is 358 cm³/mol. The number of unbranched alkanes of at least 4 members (excludes halogenated alkanes) is 46. The molecule has 0 aromatic carbocycles. The van der Waals surface area contributed by atoms with E-state index in [0.29, 0.717) is 19.3 Å². The molecule has 82 heavy (non-hydrogen) atoms. The fourth-order valence-corrected chi connectivity index (χ4v) is 10.8. The molecule has 0 amide bonds. The van der Waals surface area contributed by atoms with Crippen molar-refractivity contribution in [3.05, 3.63) is 60.8 Å². The smallest absolute Gasteiger partial charge is 0.306 e. The van der Waals surface area contributed by atoms with Crippen molar-refractivity contribution in [2.75, 3.05) is 13.2 Å². The van der Waals surface area contributed by atoms with Gasteiger partial charge in [-0.05, 0) is 89.9 Å². The number of carbonyl (C=O) groups excluding carboxylic acids is 3. The monoisotopic (exact) mass is 1150 g/mol. The topological polar surface area (TPSA) is 78.9 Å². The van der Waals surface area contributed by atoms with Crippen LogP contribution < -0.4 is 0 Å². The first-order valence-electron chi connectivity index (χ1n) is 36.3. The second-order valence-corrected chi connectivity index (χ2v) is 24.5. The maximum absolute atomic E-state index is 13.0. The Bertz CT molecular complexity index is 1460. The first-order chi connectivity index (χ1) is 40.5. The van der Waals surface area contributed by atoms with Gasteiger partial charge in [0.1, 0.15) is 13.2 Å². The highest BCUT2D eigenvalue weighted by Crippen LogP contribution is 2.18. The number of allylic oxidation sites excluding steroid dienone is 10. The molecule has 0 aliphatic carbocycles. The molecule has 0 rings (SSSR count). The predicted octanol–water partition coefficient (Wildman–Crippen LogP) is 25.1. The SMILES string of the molecule is CCCCCCC/C=C\C/C=C\C/C=C\CCCCCCCCCCC(=O)OCC(COC(=O)CCCCCCCCCCCCCCCCCCCC)OC(=O)CCCCCCCCCCCCC/C=C\C/C=C\CCCCCCC. The summed E-state index contributed by atoms with van der Waals surface area (Å²) < 4.78 is 17.0. The van der Waals surface area contributed by atoms with Gasteiger partial charge in [0.15, 0.2) is 6.10 Å². The lowest BCUT2D eigenvalue weighted by molar-refractivity contribution is -0.167. The molecule has 0 aromatic rings. The van der Waals surface area contributed by atoms with E-state index in [1.54, 1.807) is 0 Å². The van der Waals surface area contributed by atoms with Crippen LogP contribution in [0.3, 0.4) is 0 Å². The Kier molecular flexibility index (Phi) is 68.1. The highest BCUT2D eigenvalue weighted by molar-refractivity contribution is 5.71. The van der Waals surface area contributed by atoms with E-state index in [0.717, 1.165) is 83.5 Å². The van der Waals surface area contributed by atoms with E-state index in [1.807, 2.05) is 0 Å². The van der Waals surface area contributed by atoms with Gasteiger partial charge in [-0.2, -0.15) is 0 Å². The summed E-state index contributed by atoms with van der Waals surface area (Å²) in [5.41, 5.74) is 0. The molecule has 0 spiro atoms. The van der Waals surface area contributed by atoms with Crippen molar-refractivity contribution in [1.29, 1.82) is 0 Å². The van der Waals surface area contributed by atoms with Gasteiger partial charge in [-0.1, -0.05) is 338 Å². The van der Waals surface area contributed by atoms with Gasteiger partial charge in [-0.15, -0.1) is 0 Å². The third-order valence-corrected chi connectivity index (χ3v) is 16.2. The van der Waals surface area contributed by atoms with Crippen molar-refractivity contribution in [1.82, 2.24) is 0 Å². The Labute approximate surface area is 510 Å². The molecule has 0 N–H and O–H groups in total. The van der Waals surface area contributed by atoms with Crippen LogP contribution in [0.4, 0.5) is 0 Å². The van der Waals surface area contributed by atoms with E-state index in [4.69, 9.17) is 14.2 Å². The molecule has 0 radical (unpaired) electrons. The molecule has 0 saturated heterocycles. The Morgan fingerprint density at radius 2 is 0.439 bits per heavy atom. The number of hydrogen-bond donors (Lipinski definition) is 0. The summed E-state index contributed by atoms with van der Waals surface area (Å²) in [5, 5.41) is 0. The summed E-state index contributed by atoms with van der Waals surface area (Å²) in [5.74, 6) is -0.856. The average molecular weight is 1150 g/mol. The van der Waals surface area contributed by atoms with Crippen LogP contribution in [-0.2, 0) is 28.6 Å². The minimum Gasteiger partial charge on any atom is -0.462 e. The molecule has 0 fully saturated rings. The summed E-state index contributed by atoms with van der Waals surface area (Å²) in [4.78, 5) is 38.5. The second-order valence-electron chi connectivity index (χ2n) is 24.5. The van der Waals surface area contributed by atoms with Gasteiger partial charge in [-0.25, -0.2) is 0 Å². The van der Waals surface area contributed by atoms with Gasteiger partial charge in [-0.3, -0.25) is 14.4 Å². The van der Waals surface area contributed by atoms with Crippen molar-refractivity contribution in [3.63, 3.8) is 0 Å². The van der Waals surface area contributed by atoms with Gasteiger partial charge in [0.2, 0.25) is 0 Å². The van der Waals surface area contributed by atoms with E-state index in [-0.39, 0.29) is 31.1 Å². The molecule has 0 heterocycles. The fourth-order valence-electron chi connectivity index (χ4n) is 10.8. The van der Waals surface area contributed by atoms with Crippen molar-refractivity contribution in [2.24, 2.45) is 0 Å². The van der Waals surface area contributed by atoms with Crippen molar-refractivity contribution in [3.8, 4) is 0 Å². The van der Waals surface area contributed by atoms with Crippen LogP contribution in [0.5, 0.6) is 0 Å². The molecule has 1 atom stereocenters. The first kappa shape index (κ1) is 79.1. The second kappa shape index (κ2) is 70.6. The Hall–Kier alpha value is -2.89. The molecule has 0 aliphatic heterocycles. The maximum atomic E-state index is 13.0. The van der Waals surface area contributed by atoms with Crippen LogP contribution in [0.25, 0.3) is 0 Å². The van der Waals surface area contributed by atoms with Crippen molar-refractivity contribution in [2.45, 2.75) is 393 Å². The molecular formula is C76H138O6. The third-order valence-electron chi connectivity index (χ3n) is 16.2. The lowest BCUT2D eigenvalue weighted by atomic mass is 10.0. The number of rotatable bonds is 67. The van der Waals surface area contributed by atoms with Crippen LogP contribution in [0, 0.1) is 0 Å². The van der Waals surface area contributed by atoms with Crippen LogP contribution in [0.2, 0.25) is 0 Å². The molecule has 0 aliphatic rings. The molecular weight excluding hydrogens is 1010 g/mol. The lowest BCUT2D eigenvalue weighted by Crippen LogP contribution is -2.30. The summed E-state index contributed by atoms with van der Waals surface area (Å²) in [6.45, 7) is 6.68. The average Bonchev–Trinajstić information content (AvgIpc) is 3.47. The minimum absolute atomic E-state index is 0.0732. The number of esters is 3. The molecule has 6 heteroatoms. The molecule has 1 unspecified atom stereocenters. The van der Waals surface area contributed by atoms with Crippen molar-refractivity contribution < 1.29 is 28.6 Å². The summed E-state index contributed by atoms with van der Waals surface area (Å²) >= 11 is 0. The lowest BCUT2D eigenvalue weighted by Gasteiger charge is -2.18. The summed E-state index contributed by atoms with van der Waals surface area (Å²) in [7, 11) is 0. The summed E-state index contributed by atoms with van der Waals surface area (Å²) in [6.07, 6.45) is 91.0. The summed E-state index contributed by atoms with van der Waals surface area (Å²) in [6, 6.07) is 0. The molecule has 0 bridgehead atoms. The van der Waals surface area contributed by atoms with E-state index in [2.05, 4.69) is 81.5 Å². The number of carbonyl (C=O) groups is 3. The normalized spacial score (nSPS) is 12.4. The zero-order valence-electron chi connectivity index (χ0n) is 55.0. The highest BCUT2D eigenvalue weighted by Gasteiger charge is 2.19. The third kappa shape index (κ3) is 67.9. The largest absolute Gasteiger partial charge is 0.462 e. The molecule has 6 nitrogen and oxygen atoms in total. The van der Waals surface area contributed by atoms with Gasteiger partial charge in [0.05, 0.1) is 0 Å². The Morgan fingerprint density at radius 1 is 0.244 bits per heavy atom. The fraction of sp³-hybridized carbons (Fsp3) is 0.829. The van der Waals surface area contributed by atoms with Gasteiger partial charge in [0.25, 0.3) is 0 Å². The standard InChI is InChI=1S/C76H138O6/c1-4-7-10-13-16-19-22-25-28-31-34-36-38-40-42-45-48-51-54-57-60-63-66-69-75(78)81-72-73(71-80-74(77)68-65-62-59-56-53-50-47-44-33-30-27-24-21-18-15-12-9-6-3)82-76(79)70-67-64-61-58-55-52-49-46-43-41-39-37-35-32-29-26-23-20-17-14-11-8-5-2/h22-23,25-26,31-32,34-35,38,40,73H,4-21,24,27-30,33,36-37,39,41-72H2,1-3H3/b25-22-,26-23-,34-31-,35-32-,40-38-. The maximum Gasteiger partial charge on any atom is 0.306 e. The first-order valence-corrected chi connectivity index (χ1v) is 36.3. The van der Waals surface area contributed by atoms with Gasteiger partial charge < -0.3 is 14.2 Å². The number of hydrogen-bond acceptors (Lipinski definition) is 6. The zero-order chi connectivity index (χ0) is 59.2. The van der Waals surface area contributed by atoms with Crippen molar-refractivity contribution >= 4 is 17.9 Å². The van der Waals surface area contributed by atoms with Gasteiger partial charge >= 0.3 is 17.9 Å².